The van der Waals surface area contributed by atoms with Crippen LogP contribution in [0.1, 0.15) is 30.5 Å². The highest BCUT2D eigenvalue weighted by molar-refractivity contribution is 7.12. The smallest absolute Gasteiger partial charge is 0.261 e. The van der Waals surface area contributed by atoms with Crippen LogP contribution in [0.2, 0.25) is 0 Å². The summed E-state index contributed by atoms with van der Waals surface area (Å²) in [4.78, 5) is 28.4. The summed E-state index contributed by atoms with van der Waals surface area (Å²) in [5.74, 6) is -0.115. The second kappa shape index (κ2) is 9.30. The Morgan fingerprint density at radius 1 is 1.04 bits per heavy atom. The van der Waals surface area contributed by atoms with Gasteiger partial charge in [0.15, 0.2) is 0 Å². The molecule has 1 N–H and O–H groups in total. The van der Waals surface area contributed by atoms with Crippen molar-refractivity contribution in [2.75, 3.05) is 6.54 Å². The standard InChI is InChI=1S/C21H20N2O2S2/c1-2-11-23(15-18-5-3-12-26-18)21(25)17-9-7-16(8-10-17)14-22-20(24)19-6-4-13-27-19/h2-10,12-13H,1,11,14-15H2,(H,22,24). The number of carbonyl (C=O) groups excluding carboxylic acids is 2. The van der Waals surface area contributed by atoms with E-state index in [-0.39, 0.29) is 11.8 Å². The van der Waals surface area contributed by atoms with Crippen molar-refractivity contribution in [1.82, 2.24) is 10.2 Å². The van der Waals surface area contributed by atoms with Gasteiger partial charge in [-0.15, -0.1) is 29.3 Å². The van der Waals surface area contributed by atoms with Gasteiger partial charge in [-0.2, -0.15) is 0 Å². The molecule has 138 valence electrons. The zero-order valence-electron chi connectivity index (χ0n) is 14.8. The van der Waals surface area contributed by atoms with Crippen LogP contribution >= 0.6 is 22.7 Å². The molecule has 2 aromatic heterocycles. The lowest BCUT2D eigenvalue weighted by molar-refractivity contribution is 0.0764. The molecule has 4 nitrogen and oxygen atoms in total. The summed E-state index contributed by atoms with van der Waals surface area (Å²) in [5, 5.41) is 6.77. The largest absolute Gasteiger partial charge is 0.347 e. The average Bonchev–Trinajstić information content (AvgIpc) is 3.39. The molecule has 2 heterocycles. The van der Waals surface area contributed by atoms with Gasteiger partial charge in [0.25, 0.3) is 11.8 Å². The molecule has 0 radical (unpaired) electrons. The van der Waals surface area contributed by atoms with Crippen LogP contribution < -0.4 is 5.32 Å². The average molecular weight is 397 g/mol. The van der Waals surface area contributed by atoms with E-state index in [1.165, 1.54) is 11.3 Å². The predicted octanol–water partition coefficient (Wildman–Crippen LogP) is 4.57. The van der Waals surface area contributed by atoms with Crippen LogP contribution in [0, 0.1) is 0 Å². The van der Waals surface area contributed by atoms with E-state index in [0.29, 0.717) is 30.1 Å². The third-order valence-electron chi connectivity index (χ3n) is 3.96. The quantitative estimate of drug-likeness (QED) is 0.567. The lowest BCUT2D eigenvalue weighted by atomic mass is 10.1. The maximum atomic E-state index is 12.8. The van der Waals surface area contributed by atoms with Crippen molar-refractivity contribution in [2.24, 2.45) is 0 Å². The molecule has 0 aliphatic carbocycles. The molecule has 1 aromatic carbocycles. The van der Waals surface area contributed by atoms with E-state index in [9.17, 15) is 9.59 Å². The normalized spacial score (nSPS) is 10.4. The minimum Gasteiger partial charge on any atom is -0.347 e. The molecule has 0 atom stereocenters. The second-order valence-electron chi connectivity index (χ2n) is 5.91. The number of rotatable bonds is 8. The van der Waals surface area contributed by atoms with Gasteiger partial charge in [0.05, 0.1) is 11.4 Å². The van der Waals surface area contributed by atoms with Crippen LogP contribution in [0.25, 0.3) is 0 Å². The van der Waals surface area contributed by atoms with Crippen molar-refractivity contribution >= 4 is 34.5 Å². The molecule has 0 unspecified atom stereocenters. The highest BCUT2D eigenvalue weighted by atomic mass is 32.1. The number of hydrogen-bond acceptors (Lipinski definition) is 4. The molecule has 0 aliphatic rings. The second-order valence-corrected chi connectivity index (χ2v) is 7.89. The minimum absolute atomic E-state index is 0.0301. The van der Waals surface area contributed by atoms with E-state index in [0.717, 1.165) is 10.4 Å². The molecule has 0 saturated heterocycles. The van der Waals surface area contributed by atoms with Crippen molar-refractivity contribution in [2.45, 2.75) is 13.1 Å². The fourth-order valence-corrected chi connectivity index (χ4v) is 3.95. The molecular weight excluding hydrogens is 376 g/mol. The fourth-order valence-electron chi connectivity index (χ4n) is 2.59. The Bertz CT molecular complexity index is 885. The van der Waals surface area contributed by atoms with Crippen LogP contribution in [-0.2, 0) is 13.1 Å². The molecule has 0 fully saturated rings. The van der Waals surface area contributed by atoms with Crippen molar-refractivity contribution in [1.29, 1.82) is 0 Å². The van der Waals surface area contributed by atoms with Crippen molar-refractivity contribution < 1.29 is 9.59 Å². The molecule has 0 bridgehead atoms. The third-order valence-corrected chi connectivity index (χ3v) is 5.69. The SMILES string of the molecule is C=CCN(Cc1cccs1)C(=O)c1ccc(CNC(=O)c2cccs2)cc1. The van der Waals surface area contributed by atoms with Gasteiger partial charge in [-0.3, -0.25) is 9.59 Å². The highest BCUT2D eigenvalue weighted by Gasteiger charge is 2.15. The Morgan fingerprint density at radius 3 is 2.41 bits per heavy atom. The predicted molar refractivity (Wildman–Crippen MR) is 111 cm³/mol. The summed E-state index contributed by atoms with van der Waals surface area (Å²) in [5.41, 5.74) is 1.58. The van der Waals surface area contributed by atoms with Gasteiger partial charge in [0, 0.05) is 23.5 Å². The van der Waals surface area contributed by atoms with Gasteiger partial charge >= 0.3 is 0 Å². The molecule has 0 saturated carbocycles. The van der Waals surface area contributed by atoms with E-state index < -0.39 is 0 Å². The fraction of sp³-hybridized carbons (Fsp3) is 0.143. The van der Waals surface area contributed by atoms with E-state index >= 15 is 0 Å². The first-order valence-electron chi connectivity index (χ1n) is 8.50. The molecule has 2 amide bonds. The lowest BCUT2D eigenvalue weighted by Gasteiger charge is -2.20. The van der Waals surface area contributed by atoms with Crippen molar-refractivity contribution in [3.8, 4) is 0 Å². The number of nitrogens with zero attached hydrogens (tertiary/aromatic N) is 1. The number of thiophene rings is 2. The molecule has 27 heavy (non-hydrogen) atoms. The molecule has 6 heteroatoms. The Labute approximate surface area is 166 Å². The van der Waals surface area contributed by atoms with Crippen LogP contribution in [0.15, 0.2) is 71.9 Å². The summed E-state index contributed by atoms with van der Waals surface area (Å²) in [7, 11) is 0. The minimum atomic E-state index is -0.0849. The Kier molecular flexibility index (Phi) is 6.57. The monoisotopic (exact) mass is 396 g/mol. The summed E-state index contributed by atoms with van der Waals surface area (Å²) in [6.45, 7) is 5.25. The van der Waals surface area contributed by atoms with Crippen LogP contribution in [0.4, 0.5) is 0 Å². The Hall–Kier alpha value is -2.70. The summed E-state index contributed by atoms with van der Waals surface area (Å²) >= 11 is 3.04. The lowest BCUT2D eigenvalue weighted by Crippen LogP contribution is -2.30. The Morgan fingerprint density at radius 2 is 1.78 bits per heavy atom. The highest BCUT2D eigenvalue weighted by Crippen LogP contribution is 2.15. The summed E-state index contributed by atoms with van der Waals surface area (Å²) < 4.78 is 0. The maximum absolute atomic E-state index is 12.8. The van der Waals surface area contributed by atoms with Gasteiger partial charge in [-0.05, 0) is 40.6 Å². The number of carbonyl (C=O) groups is 2. The number of benzene rings is 1. The van der Waals surface area contributed by atoms with Crippen molar-refractivity contribution in [3.63, 3.8) is 0 Å². The molecule has 0 spiro atoms. The van der Waals surface area contributed by atoms with Crippen LogP contribution in [0.5, 0.6) is 0 Å². The van der Waals surface area contributed by atoms with E-state index in [2.05, 4.69) is 11.9 Å². The molecular formula is C21H20N2O2S2. The first-order chi connectivity index (χ1) is 13.2. The number of hydrogen-bond donors (Lipinski definition) is 1. The first kappa shape index (κ1) is 19.1. The van der Waals surface area contributed by atoms with E-state index in [1.54, 1.807) is 40.5 Å². The molecule has 3 aromatic rings. The van der Waals surface area contributed by atoms with E-state index in [1.807, 2.05) is 41.1 Å². The van der Waals surface area contributed by atoms with Gasteiger partial charge < -0.3 is 10.2 Å². The van der Waals surface area contributed by atoms with E-state index in [4.69, 9.17) is 0 Å². The summed E-state index contributed by atoms with van der Waals surface area (Å²) in [6, 6.07) is 15.0. The number of amides is 2. The topological polar surface area (TPSA) is 49.4 Å². The molecule has 3 rings (SSSR count). The van der Waals surface area contributed by atoms with Gasteiger partial charge in [-0.25, -0.2) is 0 Å². The zero-order chi connectivity index (χ0) is 19.1. The van der Waals surface area contributed by atoms with Gasteiger partial charge in [-0.1, -0.05) is 30.3 Å². The summed E-state index contributed by atoms with van der Waals surface area (Å²) in [6.07, 6.45) is 1.74. The first-order valence-corrected chi connectivity index (χ1v) is 10.3. The Balaban J connectivity index is 1.61. The van der Waals surface area contributed by atoms with Crippen molar-refractivity contribution in [3.05, 3.63) is 92.8 Å². The van der Waals surface area contributed by atoms with Gasteiger partial charge in [0.2, 0.25) is 0 Å². The van der Waals surface area contributed by atoms with Crippen LogP contribution in [0.3, 0.4) is 0 Å². The maximum Gasteiger partial charge on any atom is 0.261 e. The zero-order valence-corrected chi connectivity index (χ0v) is 16.4. The van der Waals surface area contributed by atoms with Gasteiger partial charge in [0.1, 0.15) is 0 Å². The van der Waals surface area contributed by atoms with Crippen LogP contribution in [-0.4, -0.2) is 23.3 Å². The third kappa shape index (κ3) is 5.15. The molecule has 0 aliphatic heterocycles. The number of nitrogens with one attached hydrogen (secondary N) is 1.